The van der Waals surface area contributed by atoms with Gasteiger partial charge in [-0.1, -0.05) is 81.6 Å². The van der Waals surface area contributed by atoms with Crippen LogP contribution in [0.25, 0.3) is 0 Å². The van der Waals surface area contributed by atoms with Gasteiger partial charge >= 0.3 is 17.9 Å². The molecule has 8 aliphatic carbocycles. The van der Waals surface area contributed by atoms with E-state index in [-0.39, 0.29) is 55.4 Å². The van der Waals surface area contributed by atoms with Crippen molar-refractivity contribution in [2.75, 3.05) is 20.7 Å². The molecule has 15 unspecified atom stereocenters. The molecule has 8 heteroatoms. The smallest absolute Gasteiger partial charge is 0.310 e. The first-order chi connectivity index (χ1) is 30.0. The highest BCUT2D eigenvalue weighted by Crippen LogP contribution is 2.56. The lowest BCUT2D eigenvalue weighted by Crippen LogP contribution is -2.30. The van der Waals surface area contributed by atoms with Crippen molar-refractivity contribution < 1.29 is 38.1 Å². The lowest BCUT2D eigenvalue weighted by atomic mass is 9.72. The van der Waals surface area contributed by atoms with Crippen LogP contribution in [-0.4, -0.2) is 50.8 Å². The van der Waals surface area contributed by atoms with Crippen molar-refractivity contribution in [1.29, 1.82) is 0 Å². The summed E-state index contributed by atoms with van der Waals surface area (Å²) in [6, 6.07) is 0. The molecule has 8 rings (SSSR count). The number of carbonyl (C=O) groups is 3. The maximum absolute atomic E-state index is 12.4. The van der Waals surface area contributed by atoms with E-state index in [0.29, 0.717) is 11.5 Å². The summed E-state index contributed by atoms with van der Waals surface area (Å²) in [4.78, 5) is 35.9. The third kappa shape index (κ3) is 13.5. The summed E-state index contributed by atoms with van der Waals surface area (Å²) >= 11 is 0. The standard InChI is InChI=1S/C23H40O3.C19H32O3.C13H22O2/c1-15(12-21-16(2)17-6-7-18(21)13-17)22(24)26-14-25-20-10-8-19(9-11-20)23(3,4)5;1-13(10-18-14(2)15-8-9-16(18)11-15)19(20)22-12-21-17-6-4-3-5-7-17;1-8(13(14)15-3)6-12-9(2)10-4-5-11(12)7-10/h15-21H,6-14H2,1-5H3;13-18H,3-12H2,1-2H3;8-12H,4-7H2,1-3H3. The number of ether oxygens (including phenoxy) is 5. The summed E-state index contributed by atoms with van der Waals surface area (Å²) < 4.78 is 27.2. The highest BCUT2D eigenvalue weighted by molar-refractivity contribution is 5.72. The number of rotatable bonds is 15. The second-order valence-corrected chi connectivity index (χ2v) is 24.1. The first-order valence-corrected chi connectivity index (χ1v) is 26.7. The van der Waals surface area contributed by atoms with Gasteiger partial charge < -0.3 is 23.7 Å². The quantitative estimate of drug-likeness (QED) is 0.0911. The maximum Gasteiger partial charge on any atom is 0.310 e. The van der Waals surface area contributed by atoms with Crippen LogP contribution in [0, 0.1) is 100 Å². The molecule has 8 fully saturated rings. The Balaban J connectivity index is 0.000000163. The summed E-state index contributed by atoms with van der Waals surface area (Å²) in [6.07, 6.45) is 26.9. The van der Waals surface area contributed by atoms with Crippen LogP contribution in [0.5, 0.6) is 0 Å². The van der Waals surface area contributed by atoms with E-state index >= 15 is 0 Å². The fourth-order valence-corrected chi connectivity index (χ4v) is 15.0. The molecular weight excluding hydrogens is 789 g/mol. The van der Waals surface area contributed by atoms with Crippen molar-refractivity contribution in [3.05, 3.63) is 0 Å². The van der Waals surface area contributed by atoms with Gasteiger partial charge in [0.1, 0.15) is 0 Å². The van der Waals surface area contributed by atoms with Crippen LogP contribution in [0.1, 0.15) is 197 Å². The molecule has 0 saturated heterocycles. The third-order valence-electron chi connectivity index (χ3n) is 19.4. The molecule has 6 bridgehead atoms. The molecule has 0 heterocycles. The average molecular weight is 883 g/mol. The number of hydrogen-bond acceptors (Lipinski definition) is 8. The number of methoxy groups -OCH3 is 1. The van der Waals surface area contributed by atoms with Crippen LogP contribution >= 0.6 is 0 Å². The molecule has 8 nitrogen and oxygen atoms in total. The Morgan fingerprint density at radius 1 is 0.476 bits per heavy atom. The van der Waals surface area contributed by atoms with Crippen molar-refractivity contribution in [1.82, 2.24) is 0 Å². The summed E-state index contributed by atoms with van der Waals surface area (Å²) in [7, 11) is 1.49. The van der Waals surface area contributed by atoms with Gasteiger partial charge in [-0.05, 0) is 198 Å². The van der Waals surface area contributed by atoms with Gasteiger partial charge in [-0.15, -0.1) is 0 Å². The van der Waals surface area contributed by atoms with Gasteiger partial charge in [0.25, 0.3) is 0 Å². The van der Waals surface area contributed by atoms with Crippen molar-refractivity contribution >= 4 is 17.9 Å². The summed E-state index contributed by atoms with van der Waals surface area (Å²) in [6.45, 7) is 20.5. The topological polar surface area (TPSA) is 97.4 Å². The fraction of sp³-hybridized carbons (Fsp3) is 0.945. The molecule has 0 aliphatic heterocycles. The van der Waals surface area contributed by atoms with Crippen molar-refractivity contribution in [3.8, 4) is 0 Å². The highest BCUT2D eigenvalue weighted by atomic mass is 16.7. The minimum Gasteiger partial charge on any atom is -0.469 e. The van der Waals surface area contributed by atoms with Crippen LogP contribution < -0.4 is 0 Å². The van der Waals surface area contributed by atoms with E-state index in [1.807, 2.05) is 20.8 Å². The van der Waals surface area contributed by atoms with Gasteiger partial charge in [-0.3, -0.25) is 14.4 Å². The summed E-state index contributed by atoms with van der Waals surface area (Å²) in [5, 5.41) is 0. The first-order valence-electron chi connectivity index (χ1n) is 26.7. The number of esters is 3. The second-order valence-electron chi connectivity index (χ2n) is 24.1. The van der Waals surface area contributed by atoms with Gasteiger partial charge in [0.15, 0.2) is 13.6 Å². The van der Waals surface area contributed by atoms with Crippen LogP contribution in [0.2, 0.25) is 0 Å². The van der Waals surface area contributed by atoms with E-state index in [9.17, 15) is 14.4 Å². The van der Waals surface area contributed by atoms with Gasteiger partial charge in [-0.2, -0.15) is 0 Å². The lowest BCUT2D eigenvalue weighted by Gasteiger charge is -2.36. The third-order valence-corrected chi connectivity index (χ3v) is 19.4. The Morgan fingerprint density at radius 2 is 0.825 bits per heavy atom. The second kappa shape index (κ2) is 23.4. The lowest BCUT2D eigenvalue weighted by molar-refractivity contribution is -0.168. The molecule has 0 aromatic carbocycles. The zero-order chi connectivity index (χ0) is 45.4. The number of fused-ring (bicyclic) bond motifs is 6. The SMILES string of the molecule is CC(CC1C2CCC(C2)C1C)C(=O)OCOC1CCC(C(C)(C)C)CC1.CC(CC1C2CCC(C2)C1C)C(=O)OCOC1CCCCC1.COC(=O)C(C)CC1C2CCC(C2)C1C. The molecule has 0 amide bonds. The van der Waals surface area contributed by atoms with E-state index in [2.05, 4.69) is 41.5 Å². The minimum absolute atomic E-state index is 0.00188. The normalized spacial score (nSPS) is 38.2. The fourth-order valence-electron chi connectivity index (χ4n) is 15.0. The Hall–Kier alpha value is -1.67. The zero-order valence-corrected chi connectivity index (χ0v) is 41.9. The molecule has 15 atom stereocenters. The molecule has 0 N–H and O–H groups in total. The summed E-state index contributed by atoms with van der Waals surface area (Å²) in [5.74, 6) is 10.8. The van der Waals surface area contributed by atoms with Crippen molar-refractivity contribution in [2.24, 2.45) is 100 Å². The van der Waals surface area contributed by atoms with Crippen LogP contribution in [0.4, 0.5) is 0 Å². The highest BCUT2D eigenvalue weighted by Gasteiger charge is 2.48. The molecule has 0 aromatic heterocycles. The first kappa shape index (κ1) is 50.7. The van der Waals surface area contributed by atoms with Gasteiger partial charge in [0.2, 0.25) is 0 Å². The monoisotopic (exact) mass is 883 g/mol. The average Bonchev–Trinajstić information content (AvgIpc) is 4.15. The molecule has 0 radical (unpaired) electrons. The van der Waals surface area contributed by atoms with Gasteiger partial charge in [-0.25, -0.2) is 0 Å². The Bertz CT molecular complexity index is 1420. The Morgan fingerprint density at radius 3 is 1.16 bits per heavy atom. The molecule has 8 saturated carbocycles. The zero-order valence-electron chi connectivity index (χ0n) is 41.9. The summed E-state index contributed by atoms with van der Waals surface area (Å²) in [5.41, 5.74) is 0.393. The molecule has 0 spiro atoms. The van der Waals surface area contributed by atoms with Crippen LogP contribution in [0.3, 0.4) is 0 Å². The predicted octanol–water partition coefficient (Wildman–Crippen LogP) is 13.2. The van der Waals surface area contributed by atoms with E-state index in [4.69, 9.17) is 23.7 Å². The van der Waals surface area contributed by atoms with Crippen molar-refractivity contribution in [3.63, 3.8) is 0 Å². The maximum atomic E-state index is 12.4. The molecular formula is C55H94O8. The molecule has 0 aromatic rings. The Labute approximate surface area is 384 Å². The predicted molar refractivity (Wildman–Crippen MR) is 250 cm³/mol. The van der Waals surface area contributed by atoms with Gasteiger partial charge in [0, 0.05) is 0 Å². The van der Waals surface area contributed by atoms with E-state index in [1.54, 1.807) is 0 Å². The largest absolute Gasteiger partial charge is 0.469 e. The van der Waals surface area contributed by atoms with Crippen LogP contribution in [-0.2, 0) is 38.1 Å². The minimum atomic E-state index is -0.0663. The molecule has 63 heavy (non-hydrogen) atoms. The molecule has 8 aliphatic rings. The van der Waals surface area contributed by atoms with E-state index < -0.39 is 0 Å². The van der Waals surface area contributed by atoms with Gasteiger partial charge in [0.05, 0.1) is 37.1 Å². The number of carbonyl (C=O) groups excluding carboxylic acids is 3. The Kier molecular flexibility index (Phi) is 18.8. The van der Waals surface area contributed by atoms with E-state index in [0.717, 1.165) is 122 Å². The van der Waals surface area contributed by atoms with Crippen molar-refractivity contribution in [2.45, 2.75) is 209 Å². The number of hydrogen-bond donors (Lipinski definition) is 0. The van der Waals surface area contributed by atoms with Crippen LogP contribution in [0.15, 0.2) is 0 Å². The van der Waals surface area contributed by atoms with E-state index in [1.165, 1.54) is 97.0 Å². The molecule has 362 valence electrons.